The van der Waals surface area contributed by atoms with Crippen molar-refractivity contribution in [2.24, 2.45) is 11.8 Å². The van der Waals surface area contributed by atoms with Crippen LogP contribution in [-0.2, 0) is 20.5 Å². The number of hydrogen-bond acceptors (Lipinski definition) is 8. The lowest BCUT2D eigenvalue weighted by Crippen LogP contribution is -2.33. The molecular formula is C20H28N4O6S. The van der Waals surface area contributed by atoms with Gasteiger partial charge < -0.3 is 19.3 Å². The second kappa shape index (κ2) is 9.23. The first kappa shape index (κ1) is 23.0. The lowest BCUT2D eigenvalue weighted by molar-refractivity contribution is 0.0696. The van der Waals surface area contributed by atoms with Crippen molar-refractivity contribution in [3.63, 3.8) is 0 Å². The van der Waals surface area contributed by atoms with Gasteiger partial charge >= 0.3 is 5.97 Å². The second-order valence-electron chi connectivity index (χ2n) is 7.95. The fourth-order valence-electron chi connectivity index (χ4n) is 3.29. The number of rotatable bonds is 11. The Morgan fingerprint density at radius 3 is 2.55 bits per heavy atom. The molecule has 1 aliphatic rings. The van der Waals surface area contributed by atoms with Crippen LogP contribution in [0.15, 0.2) is 22.7 Å². The molecule has 0 aliphatic heterocycles. The van der Waals surface area contributed by atoms with E-state index in [2.05, 4.69) is 17.1 Å². The highest BCUT2D eigenvalue weighted by atomic mass is 32.2. The van der Waals surface area contributed by atoms with E-state index in [9.17, 15) is 18.3 Å². The molecule has 0 bridgehead atoms. The van der Waals surface area contributed by atoms with Crippen molar-refractivity contribution in [2.45, 2.75) is 26.0 Å². The van der Waals surface area contributed by atoms with Crippen molar-refractivity contribution in [3.8, 4) is 0 Å². The standard InChI is InChI=1S/C20H28N4O6S/c1-13-7-16(13)11-24(5-6-29-4)19-10-15(20(25)26)9-18(21-19)23(3)31(27,28)12-17-8-14(2)22-30-17/h8-10,13,16H,5-7,11-12H2,1-4H3,(H,25,26)/t13-,16+/m1/s1. The van der Waals surface area contributed by atoms with E-state index in [1.165, 1.54) is 19.2 Å². The van der Waals surface area contributed by atoms with Crippen molar-refractivity contribution in [3.05, 3.63) is 35.2 Å². The van der Waals surface area contributed by atoms with Gasteiger partial charge in [-0.25, -0.2) is 18.2 Å². The van der Waals surface area contributed by atoms with Gasteiger partial charge in [0.05, 0.1) is 17.9 Å². The Morgan fingerprint density at radius 1 is 1.32 bits per heavy atom. The Labute approximate surface area is 181 Å². The molecule has 3 rings (SSSR count). The third-order valence-corrected chi connectivity index (χ3v) is 7.08. The van der Waals surface area contributed by atoms with Crippen LogP contribution < -0.4 is 9.21 Å². The predicted octanol–water partition coefficient (Wildman–Crippen LogP) is 2.15. The first-order valence-corrected chi connectivity index (χ1v) is 11.6. The monoisotopic (exact) mass is 452 g/mol. The van der Waals surface area contributed by atoms with Crippen molar-refractivity contribution >= 4 is 27.6 Å². The van der Waals surface area contributed by atoms with Crippen molar-refractivity contribution in [1.82, 2.24) is 10.1 Å². The minimum absolute atomic E-state index is 0.0254. The Kier molecular flexibility index (Phi) is 6.85. The van der Waals surface area contributed by atoms with Gasteiger partial charge in [-0.3, -0.25) is 4.31 Å². The van der Waals surface area contributed by atoms with Gasteiger partial charge in [0, 0.05) is 33.3 Å². The van der Waals surface area contributed by atoms with E-state index < -0.39 is 21.7 Å². The third kappa shape index (κ3) is 5.73. The summed E-state index contributed by atoms with van der Waals surface area (Å²) in [7, 11) is -0.934. The first-order valence-electron chi connectivity index (χ1n) is 9.98. The predicted molar refractivity (Wildman–Crippen MR) is 115 cm³/mol. The van der Waals surface area contributed by atoms with Crippen LogP contribution in [0, 0.1) is 18.8 Å². The molecule has 2 aromatic heterocycles. The summed E-state index contributed by atoms with van der Waals surface area (Å²) in [6.07, 6.45) is 1.10. The van der Waals surface area contributed by atoms with E-state index in [0.29, 0.717) is 43.0 Å². The van der Waals surface area contributed by atoms with Gasteiger partial charge in [0.2, 0.25) is 10.0 Å². The van der Waals surface area contributed by atoms with E-state index >= 15 is 0 Å². The number of sulfonamides is 1. The van der Waals surface area contributed by atoms with Gasteiger partial charge in [-0.2, -0.15) is 0 Å². The molecule has 31 heavy (non-hydrogen) atoms. The summed E-state index contributed by atoms with van der Waals surface area (Å²) in [6.45, 7) is 5.52. The summed E-state index contributed by atoms with van der Waals surface area (Å²) in [5, 5.41) is 13.3. The topological polar surface area (TPSA) is 126 Å². The van der Waals surface area contributed by atoms with Crippen LogP contribution >= 0.6 is 0 Å². The fourth-order valence-corrected chi connectivity index (χ4v) is 4.36. The van der Waals surface area contributed by atoms with Crippen LogP contribution in [0.25, 0.3) is 0 Å². The number of methoxy groups -OCH3 is 1. The number of carbonyl (C=O) groups is 1. The number of aryl methyl sites for hydroxylation is 1. The van der Waals surface area contributed by atoms with Crippen LogP contribution in [-0.4, -0.2) is 63.5 Å². The molecule has 2 atom stereocenters. The maximum absolute atomic E-state index is 12.9. The molecule has 0 saturated heterocycles. The van der Waals surface area contributed by atoms with E-state index in [4.69, 9.17) is 9.26 Å². The first-order chi connectivity index (χ1) is 14.6. The number of aromatic carboxylic acids is 1. The molecule has 0 radical (unpaired) electrons. The number of pyridine rings is 1. The number of aromatic nitrogens is 2. The second-order valence-corrected chi connectivity index (χ2v) is 9.95. The SMILES string of the molecule is COCCN(C[C@@H]1C[C@H]1C)c1cc(C(=O)O)cc(N(C)S(=O)(=O)Cc2cc(C)no2)n1. The molecule has 0 unspecified atom stereocenters. The van der Waals surface area contributed by atoms with Gasteiger partial charge in [-0.1, -0.05) is 12.1 Å². The molecule has 1 aliphatic carbocycles. The average molecular weight is 453 g/mol. The summed E-state index contributed by atoms with van der Waals surface area (Å²) < 4.78 is 37.0. The molecule has 1 fully saturated rings. The highest BCUT2D eigenvalue weighted by Gasteiger charge is 2.34. The third-order valence-electron chi connectivity index (χ3n) is 5.41. The zero-order valence-electron chi connectivity index (χ0n) is 18.1. The summed E-state index contributed by atoms with van der Waals surface area (Å²) >= 11 is 0. The Balaban J connectivity index is 1.93. The van der Waals surface area contributed by atoms with Crippen molar-refractivity contribution in [2.75, 3.05) is 43.1 Å². The molecule has 0 aromatic carbocycles. The summed E-state index contributed by atoms with van der Waals surface area (Å²) in [5.74, 6) is 0.149. The fraction of sp³-hybridized carbons (Fsp3) is 0.550. The van der Waals surface area contributed by atoms with E-state index in [1.54, 1.807) is 20.1 Å². The smallest absolute Gasteiger partial charge is 0.335 e. The van der Waals surface area contributed by atoms with Crippen LogP contribution in [0.4, 0.5) is 11.6 Å². The molecule has 11 heteroatoms. The van der Waals surface area contributed by atoms with E-state index in [-0.39, 0.29) is 17.1 Å². The maximum atomic E-state index is 12.9. The molecule has 170 valence electrons. The molecule has 2 aromatic rings. The largest absolute Gasteiger partial charge is 0.478 e. The molecule has 0 amide bonds. The van der Waals surface area contributed by atoms with Crippen LogP contribution in [0.3, 0.4) is 0 Å². The number of carboxylic acids is 1. The molecule has 2 heterocycles. The molecule has 10 nitrogen and oxygen atoms in total. The molecule has 0 spiro atoms. The number of nitrogens with zero attached hydrogens (tertiary/aromatic N) is 4. The minimum atomic E-state index is -3.87. The van der Waals surface area contributed by atoms with Gasteiger partial charge in [0.25, 0.3) is 0 Å². The van der Waals surface area contributed by atoms with Crippen molar-refractivity contribution in [1.29, 1.82) is 0 Å². The van der Waals surface area contributed by atoms with Gasteiger partial charge in [0.1, 0.15) is 17.4 Å². The minimum Gasteiger partial charge on any atom is -0.478 e. The highest BCUT2D eigenvalue weighted by molar-refractivity contribution is 7.92. The maximum Gasteiger partial charge on any atom is 0.335 e. The number of hydrogen-bond donors (Lipinski definition) is 1. The Bertz CT molecular complexity index is 1040. The number of carboxylic acid groups (broad SMARTS) is 1. The molecule has 1 saturated carbocycles. The van der Waals surface area contributed by atoms with Crippen LogP contribution in [0.5, 0.6) is 0 Å². The molecular weight excluding hydrogens is 424 g/mol. The van der Waals surface area contributed by atoms with Crippen LogP contribution in [0.1, 0.15) is 35.2 Å². The molecule has 1 N–H and O–H groups in total. The Hall–Kier alpha value is -2.66. The average Bonchev–Trinajstić information content (AvgIpc) is 3.26. The van der Waals surface area contributed by atoms with Gasteiger partial charge in [-0.15, -0.1) is 0 Å². The van der Waals surface area contributed by atoms with Crippen molar-refractivity contribution < 1.29 is 27.6 Å². The normalized spacial score (nSPS) is 18.1. The van der Waals surface area contributed by atoms with Crippen LogP contribution in [0.2, 0.25) is 0 Å². The lowest BCUT2D eigenvalue weighted by Gasteiger charge is -2.26. The zero-order valence-corrected chi connectivity index (χ0v) is 18.9. The number of ether oxygens (including phenoxy) is 1. The Morgan fingerprint density at radius 2 is 2.00 bits per heavy atom. The summed E-state index contributed by atoms with van der Waals surface area (Å²) in [4.78, 5) is 18.2. The highest BCUT2D eigenvalue weighted by Crippen LogP contribution is 2.39. The summed E-state index contributed by atoms with van der Waals surface area (Å²) in [5.41, 5.74) is 0.535. The van der Waals surface area contributed by atoms with Gasteiger partial charge in [-0.05, 0) is 37.3 Å². The summed E-state index contributed by atoms with van der Waals surface area (Å²) in [6, 6.07) is 4.26. The number of anilines is 2. The lowest BCUT2D eigenvalue weighted by atomic mass is 10.2. The van der Waals surface area contributed by atoms with Gasteiger partial charge in [0.15, 0.2) is 5.76 Å². The van der Waals surface area contributed by atoms with E-state index in [1.807, 2.05) is 4.90 Å². The zero-order chi connectivity index (χ0) is 22.8. The van der Waals surface area contributed by atoms with E-state index in [0.717, 1.165) is 10.7 Å². The quantitative estimate of drug-likeness (QED) is 0.545.